The number of ether oxygens (including phenoxy) is 1. The van der Waals surface area contributed by atoms with Crippen molar-refractivity contribution >= 4 is 23.2 Å². The van der Waals surface area contributed by atoms with Crippen LogP contribution >= 0.6 is 11.3 Å². The van der Waals surface area contributed by atoms with E-state index in [1.165, 1.54) is 16.9 Å². The Kier molecular flexibility index (Phi) is 7.45. The molecule has 2 amide bonds. The first kappa shape index (κ1) is 25.4. The molecule has 2 aromatic heterocycles. The number of furan rings is 1. The normalized spacial score (nSPS) is 17.1. The summed E-state index contributed by atoms with van der Waals surface area (Å²) in [4.78, 5) is 32.6. The Balaban J connectivity index is 1.18. The van der Waals surface area contributed by atoms with Crippen LogP contribution < -0.4 is 10.1 Å². The Morgan fingerprint density at radius 3 is 2.72 bits per heavy atom. The molecule has 1 N–H and O–H groups in total. The molecule has 39 heavy (non-hydrogen) atoms. The van der Waals surface area contributed by atoms with Crippen molar-refractivity contribution in [3.63, 3.8) is 0 Å². The molecule has 4 aromatic rings. The molecule has 200 valence electrons. The number of carbonyl (C=O) groups is 2. The van der Waals surface area contributed by atoms with Crippen LogP contribution in [0.15, 0.2) is 76.7 Å². The van der Waals surface area contributed by atoms with Crippen LogP contribution in [0.5, 0.6) is 5.75 Å². The molecule has 0 saturated heterocycles. The van der Waals surface area contributed by atoms with Crippen LogP contribution in [0.1, 0.15) is 69.7 Å². The highest BCUT2D eigenvalue weighted by Gasteiger charge is 2.36. The third-order valence-electron chi connectivity index (χ3n) is 7.60. The fraction of sp³-hybridized carbons (Fsp3) is 0.323. The minimum absolute atomic E-state index is 0.129. The molecule has 1 atom stereocenters. The molecule has 2 aliphatic rings. The molecule has 0 radical (unpaired) electrons. The molecular weight excluding hydrogens is 510 g/mol. The lowest BCUT2D eigenvalue weighted by atomic mass is 9.87. The second kappa shape index (κ2) is 11.5. The number of benzene rings is 2. The summed E-state index contributed by atoms with van der Waals surface area (Å²) in [6, 6.07) is 19.9. The standard InChI is InChI=1S/C31H31N3O4S/c35-30(32-18-25-11-6-16-37-25)27-20-39-28(33-27)19-38-24-13-12-21-14-15-34(31(36)23-9-4-5-10-23)29(26(21)17-24)22-7-2-1-3-8-22/h1-3,6-8,11-13,16-17,20,23,29H,4-5,9-10,14-15,18-19H2,(H,32,35). The fourth-order valence-corrected chi connectivity index (χ4v) is 6.31. The van der Waals surface area contributed by atoms with Gasteiger partial charge in [-0.2, -0.15) is 0 Å². The van der Waals surface area contributed by atoms with E-state index in [4.69, 9.17) is 9.15 Å². The monoisotopic (exact) mass is 541 g/mol. The maximum atomic E-state index is 13.6. The Morgan fingerprint density at radius 1 is 1.08 bits per heavy atom. The molecule has 2 aromatic carbocycles. The van der Waals surface area contributed by atoms with E-state index >= 15 is 0 Å². The van der Waals surface area contributed by atoms with E-state index in [1.807, 2.05) is 30.3 Å². The van der Waals surface area contributed by atoms with Gasteiger partial charge in [0.2, 0.25) is 5.91 Å². The first-order chi connectivity index (χ1) is 19.2. The van der Waals surface area contributed by atoms with Crippen LogP contribution in [0.2, 0.25) is 0 Å². The van der Waals surface area contributed by atoms with Crippen molar-refractivity contribution < 1.29 is 18.7 Å². The predicted molar refractivity (Wildman–Crippen MR) is 148 cm³/mol. The number of carbonyl (C=O) groups excluding carboxylic acids is 2. The Hall–Kier alpha value is -3.91. The SMILES string of the molecule is O=C(NCc1ccco1)c1csc(COc2ccc3c(c2)C(c2ccccc2)N(C(=O)C2CCCC2)CC3)n1. The quantitative estimate of drug-likeness (QED) is 0.300. The second-order valence-electron chi connectivity index (χ2n) is 10.1. The number of fused-ring (bicyclic) bond motifs is 1. The van der Waals surface area contributed by atoms with Crippen LogP contribution in [-0.2, 0) is 24.4 Å². The summed E-state index contributed by atoms with van der Waals surface area (Å²) in [5, 5.41) is 5.27. The number of nitrogens with zero attached hydrogens (tertiary/aromatic N) is 2. The smallest absolute Gasteiger partial charge is 0.271 e. The second-order valence-corrected chi connectivity index (χ2v) is 11.1. The zero-order chi connectivity index (χ0) is 26.6. The van der Waals surface area contributed by atoms with Gasteiger partial charge in [-0.25, -0.2) is 4.98 Å². The summed E-state index contributed by atoms with van der Waals surface area (Å²) in [7, 11) is 0. The van der Waals surface area contributed by atoms with E-state index in [9.17, 15) is 9.59 Å². The summed E-state index contributed by atoms with van der Waals surface area (Å²) >= 11 is 1.39. The van der Waals surface area contributed by atoms with Crippen LogP contribution in [0.4, 0.5) is 0 Å². The van der Waals surface area contributed by atoms with Crippen LogP contribution in [0, 0.1) is 5.92 Å². The average Bonchev–Trinajstić information content (AvgIpc) is 3.78. The van der Waals surface area contributed by atoms with Crippen molar-refractivity contribution in [2.24, 2.45) is 5.92 Å². The molecule has 3 heterocycles. The summed E-state index contributed by atoms with van der Waals surface area (Å²) in [5.74, 6) is 1.57. The molecule has 1 unspecified atom stereocenters. The number of rotatable bonds is 8. The van der Waals surface area contributed by atoms with E-state index in [0.29, 0.717) is 23.0 Å². The zero-order valence-electron chi connectivity index (χ0n) is 21.7. The third kappa shape index (κ3) is 5.61. The highest BCUT2D eigenvalue weighted by Crippen LogP contribution is 2.39. The first-order valence-electron chi connectivity index (χ1n) is 13.5. The summed E-state index contributed by atoms with van der Waals surface area (Å²) in [5.41, 5.74) is 3.85. The maximum absolute atomic E-state index is 13.6. The van der Waals surface area contributed by atoms with E-state index in [0.717, 1.165) is 55.5 Å². The van der Waals surface area contributed by atoms with Gasteiger partial charge in [-0.05, 0) is 60.2 Å². The number of thiazole rings is 1. The van der Waals surface area contributed by atoms with Gasteiger partial charge in [-0.15, -0.1) is 11.3 Å². The molecule has 1 saturated carbocycles. The highest BCUT2D eigenvalue weighted by atomic mass is 32.1. The lowest BCUT2D eigenvalue weighted by molar-refractivity contribution is -0.137. The van der Waals surface area contributed by atoms with Gasteiger partial charge in [0.15, 0.2) is 0 Å². The summed E-state index contributed by atoms with van der Waals surface area (Å²) < 4.78 is 11.4. The summed E-state index contributed by atoms with van der Waals surface area (Å²) in [6.45, 7) is 1.30. The molecule has 0 spiro atoms. The van der Waals surface area contributed by atoms with Crippen LogP contribution in [-0.4, -0.2) is 28.2 Å². The third-order valence-corrected chi connectivity index (χ3v) is 8.42. The van der Waals surface area contributed by atoms with Crippen molar-refractivity contribution in [3.05, 3.63) is 105 Å². The van der Waals surface area contributed by atoms with E-state index in [2.05, 4.69) is 39.5 Å². The number of aromatic nitrogens is 1. The van der Waals surface area contributed by atoms with Gasteiger partial charge in [0, 0.05) is 17.8 Å². The lowest BCUT2D eigenvalue weighted by Crippen LogP contribution is -2.43. The van der Waals surface area contributed by atoms with Gasteiger partial charge in [0.05, 0.1) is 18.8 Å². The molecule has 8 heteroatoms. The molecule has 6 rings (SSSR count). The van der Waals surface area contributed by atoms with Gasteiger partial charge in [-0.1, -0.05) is 49.2 Å². The van der Waals surface area contributed by atoms with Crippen molar-refractivity contribution in [3.8, 4) is 5.75 Å². The van der Waals surface area contributed by atoms with Crippen molar-refractivity contribution in [1.29, 1.82) is 0 Å². The molecule has 1 aliphatic carbocycles. The van der Waals surface area contributed by atoms with Crippen molar-refractivity contribution in [1.82, 2.24) is 15.2 Å². The molecule has 1 fully saturated rings. The van der Waals surface area contributed by atoms with E-state index < -0.39 is 0 Å². The minimum atomic E-state index is -0.250. The van der Waals surface area contributed by atoms with Crippen LogP contribution in [0.25, 0.3) is 0 Å². The number of hydrogen-bond donors (Lipinski definition) is 1. The molecule has 1 aliphatic heterocycles. The van der Waals surface area contributed by atoms with Crippen LogP contribution in [0.3, 0.4) is 0 Å². The van der Waals surface area contributed by atoms with Gasteiger partial charge in [0.25, 0.3) is 5.91 Å². The summed E-state index contributed by atoms with van der Waals surface area (Å²) in [6.07, 6.45) is 6.67. The predicted octanol–water partition coefficient (Wildman–Crippen LogP) is 5.91. The Labute approximate surface area is 231 Å². The lowest BCUT2D eigenvalue weighted by Gasteiger charge is -2.39. The average molecular weight is 542 g/mol. The molecule has 7 nitrogen and oxygen atoms in total. The zero-order valence-corrected chi connectivity index (χ0v) is 22.5. The first-order valence-corrected chi connectivity index (χ1v) is 14.4. The van der Waals surface area contributed by atoms with Crippen molar-refractivity contribution in [2.75, 3.05) is 6.54 Å². The van der Waals surface area contributed by atoms with Crippen molar-refractivity contribution in [2.45, 2.75) is 51.3 Å². The fourth-order valence-electron chi connectivity index (χ4n) is 5.62. The number of amides is 2. The number of nitrogens with one attached hydrogen (secondary N) is 1. The van der Waals surface area contributed by atoms with Gasteiger partial charge >= 0.3 is 0 Å². The maximum Gasteiger partial charge on any atom is 0.271 e. The molecular formula is C31H31N3O4S. The Morgan fingerprint density at radius 2 is 1.92 bits per heavy atom. The Bertz CT molecular complexity index is 1430. The van der Waals surface area contributed by atoms with E-state index in [1.54, 1.807) is 17.7 Å². The van der Waals surface area contributed by atoms with Gasteiger partial charge in [-0.3, -0.25) is 9.59 Å². The van der Waals surface area contributed by atoms with E-state index in [-0.39, 0.29) is 30.4 Å². The van der Waals surface area contributed by atoms with Gasteiger partial charge in [0.1, 0.15) is 28.8 Å². The topological polar surface area (TPSA) is 84.7 Å². The molecule has 0 bridgehead atoms. The largest absolute Gasteiger partial charge is 0.486 e. The van der Waals surface area contributed by atoms with Gasteiger partial charge < -0.3 is 19.4 Å². The number of hydrogen-bond acceptors (Lipinski definition) is 6. The minimum Gasteiger partial charge on any atom is -0.486 e. The highest BCUT2D eigenvalue weighted by molar-refractivity contribution is 7.09.